The molecule has 0 aliphatic heterocycles. The van der Waals surface area contributed by atoms with E-state index in [0.29, 0.717) is 10.8 Å². The molecule has 0 radical (unpaired) electrons. The summed E-state index contributed by atoms with van der Waals surface area (Å²) in [7, 11) is -3.38. The van der Waals surface area contributed by atoms with Gasteiger partial charge in [0.2, 0.25) is 10.0 Å². The van der Waals surface area contributed by atoms with E-state index in [0.717, 1.165) is 17.4 Å². The van der Waals surface area contributed by atoms with Gasteiger partial charge in [0.05, 0.1) is 4.90 Å². The van der Waals surface area contributed by atoms with Crippen molar-refractivity contribution in [2.75, 3.05) is 0 Å². The van der Waals surface area contributed by atoms with Crippen molar-refractivity contribution in [3.8, 4) is 0 Å². The number of benzene rings is 1. The van der Waals surface area contributed by atoms with Gasteiger partial charge in [-0.1, -0.05) is 24.1 Å². The molecule has 0 amide bonds. The van der Waals surface area contributed by atoms with E-state index in [-0.39, 0.29) is 6.04 Å². The standard InChI is InChI=1S/C16H23NO2S/c1-11-3-7-15(8-4-11)20(18,19)17-12(2)16-10-13-5-6-14(16)9-13/h3-4,7-8,12-14,16-17H,5-6,9-10H2,1-2H3/t12-,13-,14-,16+/m0/s1. The summed E-state index contributed by atoms with van der Waals surface area (Å²) in [5.74, 6) is 2.10. The van der Waals surface area contributed by atoms with Gasteiger partial charge in [-0.15, -0.1) is 0 Å². The first-order valence-corrected chi connectivity index (χ1v) is 9.03. The Balaban J connectivity index is 1.71. The minimum atomic E-state index is -3.38. The van der Waals surface area contributed by atoms with Crippen LogP contribution in [0.25, 0.3) is 0 Å². The average molecular weight is 293 g/mol. The van der Waals surface area contributed by atoms with Gasteiger partial charge in [0.25, 0.3) is 0 Å². The zero-order valence-electron chi connectivity index (χ0n) is 12.2. The summed E-state index contributed by atoms with van der Waals surface area (Å²) >= 11 is 0. The summed E-state index contributed by atoms with van der Waals surface area (Å²) in [4.78, 5) is 0.373. The molecule has 0 spiro atoms. The summed E-state index contributed by atoms with van der Waals surface area (Å²) in [5, 5.41) is 0. The number of sulfonamides is 1. The number of hydrogen-bond acceptors (Lipinski definition) is 2. The molecule has 110 valence electrons. The molecule has 2 aliphatic rings. The lowest BCUT2D eigenvalue weighted by atomic mass is 9.84. The van der Waals surface area contributed by atoms with Crippen LogP contribution in [0, 0.1) is 24.7 Å². The zero-order chi connectivity index (χ0) is 14.3. The van der Waals surface area contributed by atoms with E-state index in [1.165, 1.54) is 25.7 Å². The maximum Gasteiger partial charge on any atom is 0.240 e. The predicted octanol–water partition coefficient (Wildman–Crippen LogP) is 3.10. The second kappa shape index (κ2) is 5.15. The Morgan fingerprint density at radius 1 is 1.15 bits per heavy atom. The smallest absolute Gasteiger partial charge is 0.208 e. The van der Waals surface area contributed by atoms with Crippen molar-refractivity contribution in [3.05, 3.63) is 29.8 Å². The molecule has 1 aromatic carbocycles. The predicted molar refractivity (Wildman–Crippen MR) is 79.9 cm³/mol. The summed E-state index contributed by atoms with van der Waals surface area (Å²) in [6, 6.07) is 7.10. The number of fused-ring (bicyclic) bond motifs is 2. The molecule has 1 aromatic rings. The maximum absolute atomic E-state index is 12.4. The zero-order valence-corrected chi connectivity index (χ0v) is 13.0. The van der Waals surface area contributed by atoms with Crippen molar-refractivity contribution in [2.24, 2.45) is 17.8 Å². The van der Waals surface area contributed by atoms with Gasteiger partial charge in [-0.2, -0.15) is 0 Å². The molecular formula is C16H23NO2S. The lowest BCUT2D eigenvalue weighted by molar-refractivity contribution is 0.280. The number of rotatable bonds is 4. The summed E-state index contributed by atoms with van der Waals surface area (Å²) in [6.45, 7) is 3.98. The molecule has 2 fully saturated rings. The van der Waals surface area contributed by atoms with Gasteiger partial charge in [-0.05, 0) is 63.0 Å². The van der Waals surface area contributed by atoms with Gasteiger partial charge in [-0.3, -0.25) is 0 Å². The minimum absolute atomic E-state index is 0.0385. The Morgan fingerprint density at radius 2 is 1.85 bits per heavy atom. The Hall–Kier alpha value is -0.870. The third kappa shape index (κ3) is 2.63. The number of hydrogen-bond donors (Lipinski definition) is 1. The first-order chi connectivity index (χ1) is 9.45. The summed E-state index contributed by atoms with van der Waals surface area (Å²) in [6.07, 6.45) is 5.13. The molecule has 0 saturated heterocycles. The third-order valence-corrected chi connectivity index (χ3v) is 6.68. The molecule has 2 bridgehead atoms. The molecule has 0 unspecified atom stereocenters. The van der Waals surface area contributed by atoms with E-state index in [1.807, 2.05) is 26.0 Å². The summed E-state index contributed by atoms with van der Waals surface area (Å²) < 4.78 is 27.7. The Labute approximate surface area is 121 Å². The SMILES string of the molecule is Cc1ccc(S(=O)(=O)N[C@@H](C)[C@H]2C[C@H]3CC[C@H]2C3)cc1. The lowest BCUT2D eigenvalue weighted by Crippen LogP contribution is -2.40. The van der Waals surface area contributed by atoms with Crippen LogP contribution in [-0.4, -0.2) is 14.5 Å². The Morgan fingerprint density at radius 3 is 2.40 bits per heavy atom. The molecule has 0 aromatic heterocycles. The van der Waals surface area contributed by atoms with Crippen LogP contribution in [0.3, 0.4) is 0 Å². The van der Waals surface area contributed by atoms with Gasteiger partial charge in [0.1, 0.15) is 0 Å². The highest BCUT2D eigenvalue weighted by atomic mass is 32.2. The monoisotopic (exact) mass is 293 g/mol. The van der Waals surface area contributed by atoms with Crippen molar-refractivity contribution in [3.63, 3.8) is 0 Å². The second-order valence-corrected chi connectivity index (χ2v) is 8.28. The van der Waals surface area contributed by atoms with Crippen LogP contribution in [0.2, 0.25) is 0 Å². The van der Waals surface area contributed by atoms with E-state index >= 15 is 0 Å². The van der Waals surface area contributed by atoms with Crippen molar-refractivity contribution in [2.45, 2.75) is 50.5 Å². The molecule has 3 nitrogen and oxygen atoms in total. The van der Waals surface area contributed by atoms with Crippen LogP contribution >= 0.6 is 0 Å². The van der Waals surface area contributed by atoms with Crippen LogP contribution in [-0.2, 0) is 10.0 Å². The molecular weight excluding hydrogens is 270 g/mol. The molecule has 2 aliphatic carbocycles. The van der Waals surface area contributed by atoms with Gasteiger partial charge >= 0.3 is 0 Å². The molecule has 20 heavy (non-hydrogen) atoms. The quantitative estimate of drug-likeness (QED) is 0.927. The Kier molecular flexibility index (Phi) is 3.63. The van der Waals surface area contributed by atoms with Crippen LogP contribution < -0.4 is 4.72 Å². The molecule has 2 saturated carbocycles. The fourth-order valence-corrected chi connectivity index (χ4v) is 5.32. The number of aryl methyl sites for hydroxylation is 1. The van der Waals surface area contributed by atoms with Crippen molar-refractivity contribution < 1.29 is 8.42 Å². The van der Waals surface area contributed by atoms with Gasteiger partial charge < -0.3 is 0 Å². The van der Waals surface area contributed by atoms with Crippen molar-refractivity contribution in [1.29, 1.82) is 0 Å². The van der Waals surface area contributed by atoms with Crippen molar-refractivity contribution >= 4 is 10.0 Å². The Bertz CT molecular complexity index is 579. The fraction of sp³-hybridized carbons (Fsp3) is 0.625. The van der Waals surface area contributed by atoms with Crippen LogP contribution in [0.4, 0.5) is 0 Å². The maximum atomic E-state index is 12.4. The highest BCUT2D eigenvalue weighted by Gasteiger charge is 2.42. The van der Waals surface area contributed by atoms with Gasteiger partial charge in [0.15, 0.2) is 0 Å². The van der Waals surface area contributed by atoms with Crippen LogP contribution in [0.1, 0.15) is 38.2 Å². The van der Waals surface area contributed by atoms with E-state index in [2.05, 4.69) is 4.72 Å². The topological polar surface area (TPSA) is 46.2 Å². The third-order valence-electron chi connectivity index (χ3n) is 5.11. The summed E-state index contributed by atoms with van der Waals surface area (Å²) in [5.41, 5.74) is 1.07. The van der Waals surface area contributed by atoms with Gasteiger partial charge in [-0.25, -0.2) is 13.1 Å². The lowest BCUT2D eigenvalue weighted by Gasteiger charge is -2.28. The highest BCUT2D eigenvalue weighted by molar-refractivity contribution is 7.89. The molecule has 1 N–H and O–H groups in total. The normalized spacial score (nSPS) is 30.6. The average Bonchev–Trinajstić information content (AvgIpc) is 3.01. The van der Waals surface area contributed by atoms with E-state index in [1.54, 1.807) is 12.1 Å². The van der Waals surface area contributed by atoms with Crippen molar-refractivity contribution in [1.82, 2.24) is 4.72 Å². The molecule has 4 atom stereocenters. The van der Waals surface area contributed by atoms with E-state index in [4.69, 9.17) is 0 Å². The molecule has 4 heteroatoms. The fourth-order valence-electron chi connectivity index (χ4n) is 4.02. The highest BCUT2D eigenvalue weighted by Crippen LogP contribution is 2.49. The minimum Gasteiger partial charge on any atom is -0.208 e. The largest absolute Gasteiger partial charge is 0.240 e. The van der Waals surface area contributed by atoms with E-state index < -0.39 is 10.0 Å². The van der Waals surface area contributed by atoms with Gasteiger partial charge in [0, 0.05) is 6.04 Å². The van der Waals surface area contributed by atoms with Crippen LogP contribution in [0.15, 0.2) is 29.2 Å². The second-order valence-electron chi connectivity index (χ2n) is 6.56. The van der Waals surface area contributed by atoms with E-state index in [9.17, 15) is 8.42 Å². The molecule has 3 rings (SSSR count). The first-order valence-electron chi connectivity index (χ1n) is 7.55. The molecule has 0 heterocycles. The van der Waals surface area contributed by atoms with Crippen LogP contribution in [0.5, 0.6) is 0 Å². The first kappa shape index (κ1) is 14.1. The number of nitrogens with one attached hydrogen (secondary N) is 1.